The van der Waals surface area contributed by atoms with Gasteiger partial charge in [0.15, 0.2) is 0 Å². The van der Waals surface area contributed by atoms with E-state index in [-0.39, 0.29) is 0 Å². The summed E-state index contributed by atoms with van der Waals surface area (Å²) in [5, 5.41) is 3.15. The van der Waals surface area contributed by atoms with Gasteiger partial charge in [-0.25, -0.2) is 4.98 Å². The molecule has 0 spiro atoms. The monoisotopic (exact) mass is 276 g/mol. The van der Waals surface area contributed by atoms with Gasteiger partial charge in [0.2, 0.25) is 0 Å². The Morgan fingerprint density at radius 3 is 2.38 bits per heavy atom. The molecule has 0 aliphatic carbocycles. The van der Waals surface area contributed by atoms with Crippen molar-refractivity contribution >= 4 is 15.9 Å². The first-order chi connectivity index (χ1) is 7.81. The van der Waals surface area contributed by atoms with Crippen LogP contribution in [0.2, 0.25) is 0 Å². The van der Waals surface area contributed by atoms with E-state index in [1.165, 1.54) is 0 Å². The minimum Gasteiger partial charge on any atom is -0.249 e. The molecule has 1 unspecified atom stereocenters. The van der Waals surface area contributed by atoms with Crippen LogP contribution in [0.15, 0.2) is 58.4 Å². The summed E-state index contributed by atoms with van der Waals surface area (Å²) in [5.74, 6) is 0. The van der Waals surface area contributed by atoms with Crippen LogP contribution in [0, 0.1) is 4.91 Å². The summed E-state index contributed by atoms with van der Waals surface area (Å²) in [7, 11) is 0. The molecule has 1 aromatic heterocycles. The molecular weight excluding hydrogens is 268 g/mol. The summed E-state index contributed by atoms with van der Waals surface area (Å²) in [6, 6.07) is 12.6. The van der Waals surface area contributed by atoms with Crippen molar-refractivity contribution < 1.29 is 0 Å². The maximum absolute atomic E-state index is 10.9. The Morgan fingerprint density at radius 1 is 1.06 bits per heavy atom. The molecule has 80 valence electrons. The van der Waals surface area contributed by atoms with Gasteiger partial charge in [-0.2, -0.15) is 0 Å². The van der Waals surface area contributed by atoms with E-state index in [1.54, 1.807) is 12.3 Å². The number of benzene rings is 1. The van der Waals surface area contributed by atoms with Gasteiger partial charge in [0.05, 0.1) is 0 Å². The first kappa shape index (κ1) is 11.0. The minimum atomic E-state index is -0.484. The summed E-state index contributed by atoms with van der Waals surface area (Å²) in [4.78, 5) is 15.0. The van der Waals surface area contributed by atoms with Crippen LogP contribution >= 0.6 is 15.9 Å². The van der Waals surface area contributed by atoms with Gasteiger partial charge < -0.3 is 0 Å². The van der Waals surface area contributed by atoms with E-state index in [1.807, 2.05) is 36.4 Å². The second-order valence-electron chi connectivity index (χ2n) is 3.33. The lowest BCUT2D eigenvalue weighted by atomic mass is 10.0. The number of nitrogens with zero attached hydrogens (tertiary/aromatic N) is 2. The highest BCUT2D eigenvalue weighted by Crippen LogP contribution is 2.25. The topological polar surface area (TPSA) is 42.3 Å². The number of aromatic nitrogens is 1. The van der Waals surface area contributed by atoms with Crippen molar-refractivity contribution in [2.75, 3.05) is 0 Å². The molecule has 0 aliphatic heterocycles. The molecule has 1 heterocycles. The van der Waals surface area contributed by atoms with Gasteiger partial charge in [0, 0.05) is 11.8 Å². The van der Waals surface area contributed by atoms with Crippen LogP contribution in [-0.4, -0.2) is 4.98 Å². The van der Waals surface area contributed by atoms with Crippen LogP contribution < -0.4 is 0 Å². The van der Waals surface area contributed by atoms with Gasteiger partial charge in [0.25, 0.3) is 0 Å². The third-order valence-electron chi connectivity index (χ3n) is 2.29. The number of nitroso groups, excluding NO2 is 1. The predicted molar refractivity (Wildman–Crippen MR) is 66.0 cm³/mol. The van der Waals surface area contributed by atoms with E-state index in [4.69, 9.17) is 0 Å². The van der Waals surface area contributed by atoms with Gasteiger partial charge in [-0.3, -0.25) is 0 Å². The predicted octanol–water partition coefficient (Wildman–Crippen LogP) is 3.70. The van der Waals surface area contributed by atoms with Crippen LogP contribution in [0.5, 0.6) is 0 Å². The zero-order valence-corrected chi connectivity index (χ0v) is 9.96. The first-order valence-corrected chi connectivity index (χ1v) is 5.59. The Kier molecular flexibility index (Phi) is 3.41. The Balaban J connectivity index is 2.37. The molecule has 2 aromatic rings. The van der Waals surface area contributed by atoms with Crippen LogP contribution in [0.1, 0.15) is 17.2 Å². The fourth-order valence-electron chi connectivity index (χ4n) is 1.50. The highest BCUT2D eigenvalue weighted by molar-refractivity contribution is 9.10. The fourth-order valence-corrected chi connectivity index (χ4v) is 1.73. The molecule has 4 heteroatoms. The second kappa shape index (κ2) is 4.99. The normalized spacial score (nSPS) is 12.1. The Hall–Kier alpha value is -1.55. The van der Waals surface area contributed by atoms with Crippen molar-refractivity contribution in [1.29, 1.82) is 0 Å². The van der Waals surface area contributed by atoms with Crippen LogP contribution in [-0.2, 0) is 0 Å². The number of pyridine rings is 1. The molecule has 0 N–H and O–H groups in total. The number of halogens is 1. The van der Waals surface area contributed by atoms with Gasteiger partial charge in [-0.15, -0.1) is 4.91 Å². The summed E-state index contributed by atoms with van der Waals surface area (Å²) in [6.45, 7) is 0. The molecule has 0 bridgehead atoms. The van der Waals surface area contributed by atoms with E-state index >= 15 is 0 Å². The second-order valence-corrected chi connectivity index (χ2v) is 4.15. The lowest BCUT2D eigenvalue weighted by molar-refractivity contribution is 0.854. The third kappa shape index (κ3) is 2.33. The summed E-state index contributed by atoms with van der Waals surface area (Å²) in [5.41, 5.74) is 1.67. The molecule has 0 saturated heterocycles. The molecule has 0 fully saturated rings. The average molecular weight is 277 g/mol. The molecule has 3 nitrogen and oxygen atoms in total. The van der Waals surface area contributed by atoms with E-state index in [0.29, 0.717) is 0 Å². The third-order valence-corrected chi connectivity index (χ3v) is 2.76. The number of hydrogen-bond acceptors (Lipinski definition) is 3. The molecular formula is C12H9BrN2O. The summed E-state index contributed by atoms with van der Waals surface area (Å²) >= 11 is 3.25. The molecule has 1 atom stereocenters. The van der Waals surface area contributed by atoms with Crippen molar-refractivity contribution in [2.45, 2.75) is 6.04 Å². The SMILES string of the molecule is O=NC(c1ccccc1)c1ccc(Br)nc1. The van der Waals surface area contributed by atoms with Gasteiger partial charge in [-0.1, -0.05) is 41.6 Å². The maximum atomic E-state index is 10.9. The number of rotatable bonds is 3. The van der Waals surface area contributed by atoms with Gasteiger partial charge in [0.1, 0.15) is 10.6 Å². The molecule has 1 aromatic carbocycles. The van der Waals surface area contributed by atoms with Crippen molar-refractivity contribution in [3.05, 3.63) is 69.3 Å². The molecule has 0 amide bonds. The first-order valence-electron chi connectivity index (χ1n) is 4.80. The quantitative estimate of drug-likeness (QED) is 0.634. The van der Waals surface area contributed by atoms with Crippen molar-refractivity contribution in [1.82, 2.24) is 4.98 Å². The van der Waals surface area contributed by atoms with E-state index in [0.717, 1.165) is 15.7 Å². The molecule has 16 heavy (non-hydrogen) atoms. The van der Waals surface area contributed by atoms with Crippen LogP contribution in [0.4, 0.5) is 0 Å². The van der Waals surface area contributed by atoms with Crippen LogP contribution in [0.25, 0.3) is 0 Å². The van der Waals surface area contributed by atoms with Crippen LogP contribution in [0.3, 0.4) is 0 Å². The zero-order chi connectivity index (χ0) is 11.4. The van der Waals surface area contributed by atoms with Crippen molar-refractivity contribution in [3.63, 3.8) is 0 Å². The highest BCUT2D eigenvalue weighted by Gasteiger charge is 2.14. The lowest BCUT2D eigenvalue weighted by Gasteiger charge is -2.08. The molecule has 0 radical (unpaired) electrons. The number of hydrogen-bond donors (Lipinski definition) is 0. The largest absolute Gasteiger partial charge is 0.249 e. The summed E-state index contributed by atoms with van der Waals surface area (Å²) < 4.78 is 0.744. The van der Waals surface area contributed by atoms with Crippen molar-refractivity contribution in [2.24, 2.45) is 5.18 Å². The standard InChI is InChI=1S/C12H9BrN2O/c13-11-7-6-10(8-14-11)12(15-16)9-4-2-1-3-5-9/h1-8,12H. The van der Waals surface area contributed by atoms with Gasteiger partial charge >= 0.3 is 0 Å². The highest BCUT2D eigenvalue weighted by atomic mass is 79.9. The van der Waals surface area contributed by atoms with Crippen molar-refractivity contribution in [3.8, 4) is 0 Å². The Labute approximate surface area is 102 Å². The average Bonchev–Trinajstić information content (AvgIpc) is 2.34. The van der Waals surface area contributed by atoms with E-state index in [9.17, 15) is 4.91 Å². The van der Waals surface area contributed by atoms with E-state index < -0.39 is 6.04 Å². The smallest absolute Gasteiger partial charge is 0.143 e. The Morgan fingerprint density at radius 2 is 1.81 bits per heavy atom. The van der Waals surface area contributed by atoms with Gasteiger partial charge in [-0.05, 0) is 27.6 Å². The lowest BCUT2D eigenvalue weighted by Crippen LogP contribution is -1.97. The molecule has 0 aliphatic rings. The Bertz CT molecular complexity index is 470. The molecule has 0 saturated carbocycles. The summed E-state index contributed by atoms with van der Waals surface area (Å²) in [6.07, 6.45) is 1.66. The zero-order valence-electron chi connectivity index (χ0n) is 8.38. The van der Waals surface area contributed by atoms with E-state index in [2.05, 4.69) is 26.1 Å². The maximum Gasteiger partial charge on any atom is 0.143 e. The fraction of sp³-hybridized carbons (Fsp3) is 0.0833. The minimum absolute atomic E-state index is 0.484. The molecule has 2 rings (SSSR count).